The number of benzene rings is 1. The van der Waals surface area contributed by atoms with Gasteiger partial charge in [-0.15, -0.1) is 0 Å². The van der Waals surface area contributed by atoms with Gasteiger partial charge in [-0.2, -0.15) is 0 Å². The number of rotatable bonds is 8. The van der Waals surface area contributed by atoms with Gasteiger partial charge in [-0.05, 0) is 18.1 Å². The first-order valence-electron chi connectivity index (χ1n) is 6.72. The Morgan fingerprint density at radius 3 is 2.63 bits per heavy atom. The van der Waals surface area contributed by atoms with E-state index in [0.29, 0.717) is 13.0 Å². The Bertz CT molecular complexity index is 409. The molecular formula is C16H22O3. The number of hydrogen-bond donors (Lipinski definition) is 1. The molecule has 0 radical (unpaired) electrons. The van der Waals surface area contributed by atoms with Crippen LogP contribution < -0.4 is 0 Å². The lowest BCUT2D eigenvalue weighted by molar-refractivity contribution is -0.141. The van der Waals surface area contributed by atoms with Gasteiger partial charge in [0.05, 0.1) is 11.7 Å². The molecule has 0 amide bonds. The van der Waals surface area contributed by atoms with Crippen molar-refractivity contribution in [3.63, 3.8) is 0 Å². The second-order valence-electron chi connectivity index (χ2n) is 4.68. The van der Waals surface area contributed by atoms with E-state index in [1.165, 1.54) is 0 Å². The fourth-order valence-electron chi connectivity index (χ4n) is 1.65. The quantitative estimate of drug-likeness (QED) is 0.720. The molecule has 0 aliphatic heterocycles. The lowest BCUT2D eigenvalue weighted by Gasteiger charge is -2.13. The Morgan fingerprint density at radius 2 is 2.05 bits per heavy atom. The molecule has 0 bridgehead atoms. The van der Waals surface area contributed by atoms with Gasteiger partial charge >= 0.3 is 5.97 Å². The first-order chi connectivity index (χ1) is 9.13. The van der Waals surface area contributed by atoms with Gasteiger partial charge in [0.15, 0.2) is 0 Å². The van der Waals surface area contributed by atoms with Gasteiger partial charge in [0.2, 0.25) is 0 Å². The molecule has 0 aliphatic carbocycles. The Hall–Kier alpha value is -1.77. The Labute approximate surface area is 114 Å². The first kappa shape index (κ1) is 15.3. The van der Waals surface area contributed by atoms with Gasteiger partial charge in [0.25, 0.3) is 0 Å². The summed E-state index contributed by atoms with van der Waals surface area (Å²) in [7, 11) is 0. The number of allylic oxidation sites excluding steroid dienone is 2. The van der Waals surface area contributed by atoms with Gasteiger partial charge in [0, 0.05) is 6.42 Å². The highest BCUT2D eigenvalue weighted by Crippen LogP contribution is 2.16. The van der Waals surface area contributed by atoms with E-state index in [1.807, 2.05) is 36.4 Å². The van der Waals surface area contributed by atoms with Crippen LogP contribution in [-0.4, -0.2) is 11.1 Å². The summed E-state index contributed by atoms with van der Waals surface area (Å²) in [5.74, 6) is -0.426. The summed E-state index contributed by atoms with van der Waals surface area (Å²) < 4.78 is 5.75. The van der Waals surface area contributed by atoms with Crippen LogP contribution in [0, 0.1) is 5.92 Å². The van der Waals surface area contributed by atoms with Crippen LogP contribution in [0.1, 0.15) is 38.7 Å². The van der Waals surface area contributed by atoms with Crippen molar-refractivity contribution in [1.29, 1.82) is 0 Å². The Kier molecular flexibility index (Phi) is 6.72. The first-order valence-corrected chi connectivity index (χ1v) is 6.72. The zero-order valence-corrected chi connectivity index (χ0v) is 11.6. The van der Waals surface area contributed by atoms with Crippen LogP contribution in [0.4, 0.5) is 0 Å². The van der Waals surface area contributed by atoms with Crippen molar-refractivity contribution in [3.05, 3.63) is 47.7 Å². The summed E-state index contributed by atoms with van der Waals surface area (Å²) in [6.45, 7) is 4.28. The molecule has 0 aliphatic rings. The molecule has 104 valence electrons. The van der Waals surface area contributed by atoms with Gasteiger partial charge in [-0.25, -0.2) is 0 Å². The highest BCUT2D eigenvalue weighted by Gasteiger charge is 2.14. The van der Waals surface area contributed by atoms with Gasteiger partial charge in [-0.1, -0.05) is 50.6 Å². The number of unbranched alkanes of at least 4 members (excludes halogenated alkanes) is 1. The summed E-state index contributed by atoms with van der Waals surface area (Å²) in [6.07, 6.45) is 4.39. The SMILES string of the molecule is CCC/C=C(/CC(C)C(=O)O)OCc1ccccc1. The molecule has 0 fully saturated rings. The van der Waals surface area contributed by atoms with E-state index in [9.17, 15) is 4.79 Å². The lowest BCUT2D eigenvalue weighted by atomic mass is 10.1. The predicted octanol–water partition coefficient (Wildman–Crippen LogP) is 4.00. The maximum atomic E-state index is 10.9. The van der Waals surface area contributed by atoms with Crippen LogP contribution in [0.25, 0.3) is 0 Å². The topological polar surface area (TPSA) is 46.5 Å². The summed E-state index contributed by atoms with van der Waals surface area (Å²) in [5, 5.41) is 8.96. The van der Waals surface area contributed by atoms with Crippen molar-refractivity contribution in [2.75, 3.05) is 0 Å². The Morgan fingerprint density at radius 1 is 1.37 bits per heavy atom. The van der Waals surface area contributed by atoms with Gasteiger partial charge in [0.1, 0.15) is 6.61 Å². The molecule has 0 spiro atoms. The highest BCUT2D eigenvalue weighted by atomic mass is 16.5. The molecule has 1 rings (SSSR count). The second-order valence-corrected chi connectivity index (χ2v) is 4.68. The molecule has 1 aromatic carbocycles. The third-order valence-corrected chi connectivity index (χ3v) is 2.86. The van der Waals surface area contributed by atoms with E-state index in [0.717, 1.165) is 24.2 Å². The third kappa shape index (κ3) is 6.09. The second kappa shape index (κ2) is 8.35. The maximum absolute atomic E-state index is 10.9. The number of ether oxygens (including phenoxy) is 1. The van der Waals surface area contributed by atoms with Gasteiger partial charge in [-0.3, -0.25) is 4.79 Å². The molecule has 19 heavy (non-hydrogen) atoms. The summed E-state index contributed by atoms with van der Waals surface area (Å²) in [6, 6.07) is 9.89. The molecule has 0 saturated carbocycles. The van der Waals surface area contributed by atoms with Crippen LogP contribution in [0.15, 0.2) is 42.2 Å². The molecule has 1 aromatic rings. The molecule has 0 saturated heterocycles. The largest absolute Gasteiger partial charge is 0.494 e. The van der Waals surface area contributed by atoms with E-state index < -0.39 is 11.9 Å². The number of carboxylic acid groups (broad SMARTS) is 1. The van der Waals surface area contributed by atoms with Crippen LogP contribution in [0.5, 0.6) is 0 Å². The van der Waals surface area contributed by atoms with E-state index in [2.05, 4.69) is 6.92 Å². The molecule has 0 heterocycles. The smallest absolute Gasteiger partial charge is 0.306 e. The molecule has 1 atom stereocenters. The monoisotopic (exact) mass is 262 g/mol. The van der Waals surface area contributed by atoms with Crippen LogP contribution >= 0.6 is 0 Å². The summed E-state index contributed by atoms with van der Waals surface area (Å²) in [4.78, 5) is 10.9. The van der Waals surface area contributed by atoms with Gasteiger partial charge < -0.3 is 9.84 Å². The predicted molar refractivity (Wildman–Crippen MR) is 75.6 cm³/mol. The van der Waals surface area contributed by atoms with Crippen LogP contribution in [-0.2, 0) is 16.1 Å². The molecule has 1 unspecified atom stereocenters. The minimum absolute atomic E-state index is 0.418. The number of carboxylic acids is 1. The van der Waals surface area contributed by atoms with Crippen molar-refractivity contribution in [2.45, 2.75) is 39.7 Å². The van der Waals surface area contributed by atoms with Crippen molar-refractivity contribution >= 4 is 5.97 Å². The fraction of sp³-hybridized carbons (Fsp3) is 0.438. The van der Waals surface area contributed by atoms with E-state index in [-0.39, 0.29) is 0 Å². The lowest BCUT2D eigenvalue weighted by Crippen LogP contribution is -2.11. The minimum atomic E-state index is -0.786. The number of aliphatic carboxylic acids is 1. The molecule has 3 heteroatoms. The number of hydrogen-bond acceptors (Lipinski definition) is 2. The molecular weight excluding hydrogens is 240 g/mol. The third-order valence-electron chi connectivity index (χ3n) is 2.86. The van der Waals surface area contributed by atoms with Crippen LogP contribution in [0.2, 0.25) is 0 Å². The molecule has 1 N–H and O–H groups in total. The highest BCUT2D eigenvalue weighted by molar-refractivity contribution is 5.69. The number of carbonyl (C=O) groups is 1. The molecule has 0 aromatic heterocycles. The Balaban J connectivity index is 2.57. The van der Waals surface area contributed by atoms with E-state index in [4.69, 9.17) is 9.84 Å². The average molecular weight is 262 g/mol. The zero-order valence-electron chi connectivity index (χ0n) is 11.6. The fourth-order valence-corrected chi connectivity index (χ4v) is 1.65. The normalized spacial score (nSPS) is 13.1. The summed E-state index contributed by atoms with van der Waals surface area (Å²) >= 11 is 0. The van der Waals surface area contributed by atoms with Crippen molar-refractivity contribution in [1.82, 2.24) is 0 Å². The van der Waals surface area contributed by atoms with E-state index in [1.54, 1.807) is 6.92 Å². The maximum Gasteiger partial charge on any atom is 0.306 e. The van der Waals surface area contributed by atoms with E-state index >= 15 is 0 Å². The van der Waals surface area contributed by atoms with Crippen molar-refractivity contribution in [3.8, 4) is 0 Å². The zero-order chi connectivity index (χ0) is 14.1. The summed E-state index contributed by atoms with van der Waals surface area (Å²) in [5.41, 5.74) is 1.09. The minimum Gasteiger partial charge on any atom is -0.494 e. The van der Waals surface area contributed by atoms with Crippen molar-refractivity contribution in [2.24, 2.45) is 5.92 Å². The van der Waals surface area contributed by atoms with Crippen molar-refractivity contribution < 1.29 is 14.6 Å². The molecule has 3 nitrogen and oxygen atoms in total. The average Bonchev–Trinajstić information content (AvgIpc) is 2.42. The standard InChI is InChI=1S/C16H22O3/c1-3-4-10-15(11-13(2)16(17)18)19-12-14-8-6-5-7-9-14/h5-10,13H,3-4,11-12H2,1-2H3,(H,17,18)/b15-10-. The van der Waals surface area contributed by atoms with Crippen LogP contribution in [0.3, 0.4) is 0 Å².